The fraction of sp³-hybridized carbons (Fsp3) is 0.353. The maximum absolute atomic E-state index is 10.3. The van der Waals surface area contributed by atoms with Crippen molar-refractivity contribution in [1.82, 2.24) is 0 Å². The molecule has 0 aliphatic rings. The minimum atomic E-state index is 0.141. The molecular formula is C17H22O2. The number of aldehydes is 1. The Balaban J connectivity index is 2.69. The fourth-order valence-electron chi connectivity index (χ4n) is 2.10. The molecule has 19 heavy (non-hydrogen) atoms. The lowest BCUT2D eigenvalue weighted by Crippen LogP contribution is -2.21. The minimum Gasteiger partial charge on any atom is -0.381 e. The van der Waals surface area contributed by atoms with Gasteiger partial charge in [-0.1, -0.05) is 55.0 Å². The van der Waals surface area contributed by atoms with Crippen LogP contribution in [0.2, 0.25) is 0 Å². The van der Waals surface area contributed by atoms with Gasteiger partial charge in [-0.3, -0.25) is 4.79 Å². The van der Waals surface area contributed by atoms with Crippen LogP contribution < -0.4 is 0 Å². The van der Waals surface area contributed by atoms with Crippen LogP contribution >= 0.6 is 0 Å². The first-order chi connectivity index (χ1) is 9.17. The van der Waals surface area contributed by atoms with Crippen LogP contribution in [0.25, 0.3) is 0 Å². The van der Waals surface area contributed by atoms with Crippen molar-refractivity contribution in [2.24, 2.45) is 5.92 Å². The molecule has 0 fully saturated rings. The van der Waals surface area contributed by atoms with Gasteiger partial charge in [0.05, 0.1) is 6.10 Å². The van der Waals surface area contributed by atoms with Crippen molar-refractivity contribution in [2.45, 2.75) is 26.4 Å². The van der Waals surface area contributed by atoms with E-state index in [0.29, 0.717) is 5.92 Å². The molecule has 2 nitrogen and oxygen atoms in total. The number of methoxy groups -OCH3 is 1. The average molecular weight is 258 g/mol. The number of hydrogen-bond acceptors (Lipinski definition) is 2. The van der Waals surface area contributed by atoms with E-state index in [1.807, 2.05) is 31.2 Å². The van der Waals surface area contributed by atoms with Crippen molar-refractivity contribution in [3.8, 4) is 0 Å². The molecule has 0 aromatic heterocycles. The van der Waals surface area contributed by atoms with Crippen molar-refractivity contribution < 1.29 is 9.53 Å². The summed E-state index contributed by atoms with van der Waals surface area (Å²) >= 11 is 0. The largest absolute Gasteiger partial charge is 0.381 e. The van der Waals surface area contributed by atoms with Crippen LogP contribution in [0.3, 0.4) is 0 Å². The van der Waals surface area contributed by atoms with Gasteiger partial charge >= 0.3 is 0 Å². The van der Waals surface area contributed by atoms with Gasteiger partial charge in [-0.05, 0) is 25.0 Å². The quantitative estimate of drug-likeness (QED) is 0.424. The molecule has 0 aliphatic heterocycles. The zero-order valence-electron chi connectivity index (χ0n) is 11.9. The van der Waals surface area contributed by atoms with Crippen molar-refractivity contribution in [2.75, 3.05) is 7.11 Å². The van der Waals surface area contributed by atoms with E-state index in [0.717, 1.165) is 18.3 Å². The minimum absolute atomic E-state index is 0.141. The molecule has 1 aromatic rings. The molecule has 1 rings (SSSR count). The van der Waals surface area contributed by atoms with Gasteiger partial charge in [-0.25, -0.2) is 0 Å². The monoisotopic (exact) mass is 258 g/mol. The molecule has 2 heteroatoms. The predicted octanol–water partition coefficient (Wildman–Crippen LogP) is 3.58. The summed E-state index contributed by atoms with van der Waals surface area (Å²) in [5, 5.41) is 0. The van der Waals surface area contributed by atoms with Crippen molar-refractivity contribution >= 4 is 6.29 Å². The molecule has 0 N–H and O–H groups in total. The topological polar surface area (TPSA) is 26.3 Å². The number of ether oxygens (including phenoxy) is 1. The number of rotatable bonds is 7. The van der Waals surface area contributed by atoms with E-state index < -0.39 is 0 Å². The lowest BCUT2D eigenvalue weighted by Gasteiger charge is -2.20. The number of carbonyl (C=O) groups excluding carboxylic acids is 1. The average Bonchev–Trinajstić information content (AvgIpc) is 2.43. The zero-order valence-corrected chi connectivity index (χ0v) is 11.9. The molecule has 0 amide bonds. The first kappa shape index (κ1) is 15.4. The lowest BCUT2D eigenvalue weighted by atomic mass is 9.95. The highest BCUT2D eigenvalue weighted by atomic mass is 16.5. The molecule has 0 unspecified atom stereocenters. The Kier molecular flexibility index (Phi) is 6.83. The van der Waals surface area contributed by atoms with Crippen LogP contribution in [0.4, 0.5) is 0 Å². The zero-order chi connectivity index (χ0) is 14.1. The molecule has 0 spiro atoms. The van der Waals surface area contributed by atoms with Gasteiger partial charge in [0, 0.05) is 13.0 Å². The molecule has 0 saturated heterocycles. The van der Waals surface area contributed by atoms with E-state index in [4.69, 9.17) is 4.74 Å². The first-order valence-corrected chi connectivity index (χ1v) is 6.54. The lowest BCUT2D eigenvalue weighted by molar-refractivity contribution is -0.104. The molecule has 0 bridgehead atoms. The number of allylic oxidation sites excluding steroid dienone is 3. The van der Waals surface area contributed by atoms with Gasteiger partial charge in [-0.2, -0.15) is 0 Å². The molecular weight excluding hydrogens is 236 g/mol. The third-order valence-electron chi connectivity index (χ3n) is 3.13. The van der Waals surface area contributed by atoms with Gasteiger partial charge in [0.25, 0.3) is 0 Å². The van der Waals surface area contributed by atoms with Crippen LogP contribution in [0.5, 0.6) is 0 Å². The van der Waals surface area contributed by atoms with Crippen LogP contribution in [0.15, 0.2) is 54.1 Å². The smallest absolute Gasteiger partial charge is 0.142 e. The van der Waals surface area contributed by atoms with Crippen LogP contribution in [-0.4, -0.2) is 19.5 Å². The van der Waals surface area contributed by atoms with E-state index in [-0.39, 0.29) is 6.10 Å². The van der Waals surface area contributed by atoms with Crippen LogP contribution in [0, 0.1) is 5.92 Å². The molecule has 102 valence electrons. The molecule has 2 atom stereocenters. The number of hydrogen-bond donors (Lipinski definition) is 0. The van der Waals surface area contributed by atoms with Gasteiger partial charge in [0.1, 0.15) is 6.29 Å². The Morgan fingerprint density at radius 1 is 1.32 bits per heavy atom. The summed E-state index contributed by atoms with van der Waals surface area (Å²) in [6.07, 6.45) is 7.29. The summed E-state index contributed by atoms with van der Waals surface area (Å²) in [4.78, 5) is 10.3. The summed E-state index contributed by atoms with van der Waals surface area (Å²) in [6.45, 7) is 4.13. The van der Waals surface area contributed by atoms with Gasteiger partial charge in [-0.15, -0.1) is 0 Å². The molecule has 0 heterocycles. The summed E-state index contributed by atoms with van der Waals surface area (Å²) in [5.74, 6) is 0.293. The second-order valence-corrected chi connectivity index (χ2v) is 4.73. The normalized spacial score (nSPS) is 15.4. The van der Waals surface area contributed by atoms with E-state index >= 15 is 0 Å². The van der Waals surface area contributed by atoms with E-state index in [2.05, 4.69) is 25.1 Å². The summed E-state index contributed by atoms with van der Waals surface area (Å²) in [6, 6.07) is 10.3. The Morgan fingerprint density at radius 2 is 2.00 bits per heavy atom. The number of carbonyl (C=O) groups is 1. The maximum Gasteiger partial charge on any atom is 0.142 e. The Labute approximate surface area is 115 Å². The highest BCUT2D eigenvalue weighted by molar-refractivity contribution is 5.65. The van der Waals surface area contributed by atoms with Crippen molar-refractivity contribution in [3.63, 3.8) is 0 Å². The highest BCUT2D eigenvalue weighted by Gasteiger charge is 2.15. The fourth-order valence-corrected chi connectivity index (χ4v) is 2.10. The van der Waals surface area contributed by atoms with E-state index in [1.165, 1.54) is 11.6 Å². The maximum atomic E-state index is 10.3. The van der Waals surface area contributed by atoms with E-state index in [9.17, 15) is 4.79 Å². The van der Waals surface area contributed by atoms with Crippen molar-refractivity contribution in [1.29, 1.82) is 0 Å². The Hall–Kier alpha value is -1.67. The third-order valence-corrected chi connectivity index (χ3v) is 3.13. The van der Waals surface area contributed by atoms with Crippen LogP contribution in [0.1, 0.15) is 19.4 Å². The SMILES string of the molecule is CO[C@@H](Cc1ccccc1)[C@@H](C)/C=C(C)/C=C/C=O. The summed E-state index contributed by atoms with van der Waals surface area (Å²) < 4.78 is 5.58. The third kappa shape index (κ3) is 5.66. The Bertz CT molecular complexity index is 432. The molecule has 0 saturated carbocycles. The molecule has 0 radical (unpaired) electrons. The standard InChI is InChI=1S/C17H22O2/c1-14(8-7-11-18)12-15(2)17(19-3)13-16-9-5-4-6-10-16/h4-12,15,17H,13H2,1-3H3/b8-7+,14-12+/t15-,17-/m0/s1. The first-order valence-electron chi connectivity index (χ1n) is 6.54. The van der Waals surface area contributed by atoms with Gasteiger partial charge in [0.2, 0.25) is 0 Å². The van der Waals surface area contributed by atoms with Crippen LogP contribution in [-0.2, 0) is 16.0 Å². The van der Waals surface area contributed by atoms with Gasteiger partial charge < -0.3 is 4.74 Å². The second kappa shape index (κ2) is 8.44. The van der Waals surface area contributed by atoms with Crippen molar-refractivity contribution in [3.05, 3.63) is 59.7 Å². The molecule has 1 aromatic carbocycles. The predicted molar refractivity (Wildman–Crippen MR) is 79.1 cm³/mol. The van der Waals surface area contributed by atoms with Gasteiger partial charge in [0.15, 0.2) is 0 Å². The number of benzene rings is 1. The summed E-state index contributed by atoms with van der Waals surface area (Å²) in [5.41, 5.74) is 2.35. The summed E-state index contributed by atoms with van der Waals surface area (Å²) in [7, 11) is 1.74. The molecule has 0 aliphatic carbocycles. The highest BCUT2D eigenvalue weighted by Crippen LogP contribution is 2.16. The second-order valence-electron chi connectivity index (χ2n) is 4.73. The Morgan fingerprint density at radius 3 is 2.58 bits per heavy atom. The van der Waals surface area contributed by atoms with E-state index in [1.54, 1.807) is 7.11 Å².